The molecular formula is C18H16N4O2. The van der Waals surface area contributed by atoms with Gasteiger partial charge in [-0.15, -0.1) is 0 Å². The number of nitrogens with zero attached hydrogens (tertiary/aromatic N) is 2. The minimum absolute atomic E-state index is 0.150. The number of aryl methyl sites for hydroxylation is 1. The molecule has 1 amide bonds. The third-order valence-corrected chi connectivity index (χ3v) is 3.96. The van der Waals surface area contributed by atoms with Gasteiger partial charge >= 0.3 is 0 Å². The van der Waals surface area contributed by atoms with Crippen molar-refractivity contribution >= 4 is 34.0 Å². The zero-order valence-corrected chi connectivity index (χ0v) is 13.3. The third-order valence-electron chi connectivity index (χ3n) is 3.96. The molecule has 6 heteroatoms. The van der Waals surface area contributed by atoms with Crippen LogP contribution in [0.4, 0.5) is 17.2 Å². The highest BCUT2D eigenvalue weighted by atomic mass is 16.5. The van der Waals surface area contributed by atoms with E-state index in [0.717, 1.165) is 28.0 Å². The molecule has 0 saturated carbocycles. The van der Waals surface area contributed by atoms with Gasteiger partial charge in [0.1, 0.15) is 17.9 Å². The number of hydrogen-bond donors (Lipinski definition) is 2. The third kappa shape index (κ3) is 2.52. The smallest absolute Gasteiger partial charge is 0.265 e. The monoisotopic (exact) mass is 320 g/mol. The first-order valence-electron chi connectivity index (χ1n) is 7.70. The molecule has 0 radical (unpaired) electrons. The minimum atomic E-state index is -0.481. The van der Waals surface area contributed by atoms with Gasteiger partial charge < -0.3 is 15.4 Å². The molecule has 120 valence electrons. The molecule has 1 aromatic heterocycles. The number of fused-ring (bicyclic) bond motifs is 2. The van der Waals surface area contributed by atoms with Crippen LogP contribution >= 0.6 is 0 Å². The predicted octanol–water partition coefficient (Wildman–Crippen LogP) is 3.40. The van der Waals surface area contributed by atoms with E-state index in [9.17, 15) is 4.79 Å². The van der Waals surface area contributed by atoms with Crippen molar-refractivity contribution in [1.82, 2.24) is 9.97 Å². The molecule has 0 spiro atoms. The van der Waals surface area contributed by atoms with E-state index in [4.69, 9.17) is 4.74 Å². The van der Waals surface area contributed by atoms with Crippen LogP contribution in [0.2, 0.25) is 0 Å². The van der Waals surface area contributed by atoms with Gasteiger partial charge in [-0.05, 0) is 44.2 Å². The molecule has 0 fully saturated rings. The minimum Gasteiger partial charge on any atom is -0.479 e. The van der Waals surface area contributed by atoms with E-state index in [1.165, 1.54) is 6.33 Å². The van der Waals surface area contributed by atoms with E-state index in [2.05, 4.69) is 20.6 Å². The molecule has 2 aromatic carbocycles. The molecule has 4 rings (SSSR count). The summed E-state index contributed by atoms with van der Waals surface area (Å²) in [4.78, 5) is 20.4. The van der Waals surface area contributed by atoms with Gasteiger partial charge in [0.05, 0.1) is 11.2 Å². The first kappa shape index (κ1) is 14.4. The number of nitrogens with one attached hydrogen (secondary N) is 2. The van der Waals surface area contributed by atoms with Crippen molar-refractivity contribution < 1.29 is 9.53 Å². The fraction of sp³-hybridized carbons (Fsp3) is 0.167. The van der Waals surface area contributed by atoms with Gasteiger partial charge in [0.2, 0.25) is 0 Å². The molecule has 1 aliphatic rings. The van der Waals surface area contributed by atoms with Crippen LogP contribution in [0.3, 0.4) is 0 Å². The highest BCUT2D eigenvalue weighted by Gasteiger charge is 2.23. The number of rotatable bonds is 2. The first-order chi connectivity index (χ1) is 11.6. The summed E-state index contributed by atoms with van der Waals surface area (Å²) in [6.07, 6.45) is 1.05. The summed E-state index contributed by atoms with van der Waals surface area (Å²) in [5, 5.41) is 7.09. The van der Waals surface area contributed by atoms with Crippen molar-refractivity contribution in [1.29, 1.82) is 0 Å². The average molecular weight is 320 g/mol. The summed E-state index contributed by atoms with van der Waals surface area (Å²) in [6, 6.07) is 11.6. The molecule has 2 heterocycles. The number of amides is 1. The lowest BCUT2D eigenvalue weighted by molar-refractivity contribution is -0.122. The van der Waals surface area contributed by atoms with Gasteiger partial charge in [-0.2, -0.15) is 0 Å². The maximum Gasteiger partial charge on any atom is 0.265 e. The maximum atomic E-state index is 11.8. The summed E-state index contributed by atoms with van der Waals surface area (Å²) in [6.45, 7) is 3.75. The molecule has 0 saturated heterocycles. The van der Waals surface area contributed by atoms with Crippen LogP contribution in [0.25, 0.3) is 10.9 Å². The van der Waals surface area contributed by atoms with Gasteiger partial charge in [0, 0.05) is 11.1 Å². The van der Waals surface area contributed by atoms with Crippen molar-refractivity contribution in [2.75, 3.05) is 10.6 Å². The second-order valence-corrected chi connectivity index (χ2v) is 5.83. The first-order valence-corrected chi connectivity index (χ1v) is 7.70. The quantitative estimate of drug-likeness (QED) is 0.757. The highest BCUT2D eigenvalue weighted by molar-refractivity contribution is 5.98. The standard InChI is InChI=1S/C18H16N4O2/c1-10-3-5-14-13(7-10)17(20-9-19-14)21-12-4-6-16-15(8-12)22-18(23)11(2)24-16/h3-9,11H,1-2H3,(H,22,23)(H,19,20,21). The van der Waals surface area contributed by atoms with Crippen molar-refractivity contribution in [2.24, 2.45) is 0 Å². The molecule has 1 aliphatic heterocycles. The fourth-order valence-electron chi connectivity index (χ4n) is 2.69. The topological polar surface area (TPSA) is 76.1 Å². The zero-order chi connectivity index (χ0) is 16.7. The van der Waals surface area contributed by atoms with Crippen molar-refractivity contribution in [3.63, 3.8) is 0 Å². The summed E-state index contributed by atoms with van der Waals surface area (Å²) in [5.74, 6) is 1.24. The van der Waals surface area contributed by atoms with E-state index in [1.54, 1.807) is 6.92 Å². The van der Waals surface area contributed by atoms with Crippen LogP contribution in [0.5, 0.6) is 5.75 Å². The number of aromatic nitrogens is 2. The van der Waals surface area contributed by atoms with Gasteiger partial charge in [-0.25, -0.2) is 9.97 Å². The molecule has 1 unspecified atom stereocenters. The zero-order valence-electron chi connectivity index (χ0n) is 13.3. The maximum absolute atomic E-state index is 11.8. The summed E-state index contributed by atoms with van der Waals surface area (Å²) < 4.78 is 5.57. The second-order valence-electron chi connectivity index (χ2n) is 5.83. The van der Waals surface area contributed by atoms with Gasteiger partial charge in [-0.3, -0.25) is 4.79 Å². The van der Waals surface area contributed by atoms with Gasteiger partial charge in [-0.1, -0.05) is 11.6 Å². The normalized spacial score (nSPS) is 16.2. The molecule has 3 aromatic rings. The predicted molar refractivity (Wildman–Crippen MR) is 92.7 cm³/mol. The molecular weight excluding hydrogens is 304 g/mol. The lowest BCUT2D eigenvalue weighted by atomic mass is 10.1. The van der Waals surface area contributed by atoms with E-state index in [1.807, 2.05) is 43.3 Å². The fourth-order valence-corrected chi connectivity index (χ4v) is 2.69. The van der Waals surface area contributed by atoms with Gasteiger partial charge in [0.15, 0.2) is 6.10 Å². The lowest BCUT2D eigenvalue weighted by Crippen LogP contribution is -2.34. The second kappa shape index (κ2) is 5.49. The Morgan fingerprint density at radius 2 is 2.04 bits per heavy atom. The van der Waals surface area contributed by atoms with Crippen LogP contribution in [-0.4, -0.2) is 22.0 Å². The Kier molecular flexibility index (Phi) is 3.30. The van der Waals surface area contributed by atoms with E-state index in [0.29, 0.717) is 11.4 Å². The van der Waals surface area contributed by atoms with Crippen molar-refractivity contribution in [3.8, 4) is 5.75 Å². The molecule has 1 atom stereocenters. The number of ether oxygens (including phenoxy) is 1. The summed E-state index contributed by atoms with van der Waals surface area (Å²) in [7, 11) is 0. The summed E-state index contributed by atoms with van der Waals surface area (Å²) in [5.41, 5.74) is 3.48. The Balaban J connectivity index is 1.71. The molecule has 24 heavy (non-hydrogen) atoms. The number of anilines is 3. The van der Waals surface area contributed by atoms with Crippen LogP contribution < -0.4 is 15.4 Å². The van der Waals surface area contributed by atoms with E-state index >= 15 is 0 Å². The van der Waals surface area contributed by atoms with Crippen LogP contribution in [0.1, 0.15) is 12.5 Å². The van der Waals surface area contributed by atoms with Crippen molar-refractivity contribution in [3.05, 3.63) is 48.3 Å². The molecule has 6 nitrogen and oxygen atoms in total. The molecule has 0 bridgehead atoms. The van der Waals surface area contributed by atoms with Crippen LogP contribution in [0, 0.1) is 6.92 Å². The molecule has 2 N–H and O–H groups in total. The Morgan fingerprint density at radius 3 is 2.92 bits per heavy atom. The average Bonchev–Trinajstić information content (AvgIpc) is 2.57. The number of hydrogen-bond acceptors (Lipinski definition) is 5. The van der Waals surface area contributed by atoms with E-state index in [-0.39, 0.29) is 5.91 Å². The SMILES string of the molecule is Cc1ccc2ncnc(Nc3ccc4c(c3)NC(=O)C(C)O4)c2c1. The number of benzene rings is 2. The Morgan fingerprint density at radius 1 is 1.17 bits per heavy atom. The van der Waals surface area contributed by atoms with Crippen molar-refractivity contribution in [2.45, 2.75) is 20.0 Å². The lowest BCUT2D eigenvalue weighted by Gasteiger charge is -2.23. The molecule has 0 aliphatic carbocycles. The largest absolute Gasteiger partial charge is 0.479 e. The Hall–Kier alpha value is -3.15. The van der Waals surface area contributed by atoms with Crippen LogP contribution in [0.15, 0.2) is 42.7 Å². The Bertz CT molecular complexity index is 955. The number of carbonyl (C=O) groups is 1. The highest BCUT2D eigenvalue weighted by Crippen LogP contribution is 2.33. The number of carbonyl (C=O) groups excluding carboxylic acids is 1. The van der Waals surface area contributed by atoms with E-state index < -0.39 is 6.10 Å². The Labute approximate surface area is 138 Å². The van der Waals surface area contributed by atoms with Crippen LogP contribution in [-0.2, 0) is 4.79 Å². The summed E-state index contributed by atoms with van der Waals surface area (Å²) >= 11 is 0. The van der Waals surface area contributed by atoms with Gasteiger partial charge in [0.25, 0.3) is 5.91 Å².